The molecule has 2 aromatic carbocycles. The number of fused-ring (bicyclic) bond motifs is 3. The number of carbonyl (C=O) groups excluding carboxylic acids is 3. The highest BCUT2D eigenvalue weighted by Gasteiger charge is 2.29. The van der Waals surface area contributed by atoms with Crippen LogP contribution in [0.2, 0.25) is 0 Å². The van der Waals surface area contributed by atoms with Gasteiger partial charge in [0.2, 0.25) is 0 Å². The van der Waals surface area contributed by atoms with E-state index < -0.39 is 0 Å². The van der Waals surface area contributed by atoms with Crippen molar-refractivity contribution in [2.75, 3.05) is 26.2 Å². The Morgan fingerprint density at radius 1 is 0.767 bits per heavy atom. The van der Waals surface area contributed by atoms with E-state index in [1.165, 1.54) is 11.3 Å². The van der Waals surface area contributed by atoms with Gasteiger partial charge in [0.1, 0.15) is 0 Å². The third-order valence-electron chi connectivity index (χ3n) is 5.78. The van der Waals surface area contributed by atoms with Crippen LogP contribution in [0.25, 0.3) is 11.1 Å². The van der Waals surface area contributed by atoms with Crippen LogP contribution in [0.4, 0.5) is 0 Å². The Balaban J connectivity index is 1.30. The molecule has 30 heavy (non-hydrogen) atoms. The highest BCUT2D eigenvalue weighted by atomic mass is 32.1. The minimum atomic E-state index is -0.0966. The number of ketones is 1. The lowest BCUT2D eigenvalue weighted by Gasteiger charge is -2.34. The monoisotopic (exact) mass is 416 g/mol. The zero-order valence-corrected chi connectivity index (χ0v) is 17.4. The number of hydrogen-bond acceptors (Lipinski definition) is 4. The van der Waals surface area contributed by atoms with Crippen molar-refractivity contribution < 1.29 is 14.4 Å². The average molecular weight is 417 g/mol. The van der Waals surface area contributed by atoms with E-state index in [9.17, 15) is 14.4 Å². The summed E-state index contributed by atoms with van der Waals surface area (Å²) in [6.07, 6.45) is 0. The Morgan fingerprint density at radius 3 is 2.07 bits per heavy atom. The van der Waals surface area contributed by atoms with E-state index >= 15 is 0 Å². The zero-order chi connectivity index (χ0) is 20.8. The lowest BCUT2D eigenvalue weighted by molar-refractivity contribution is 0.0538. The Kier molecular flexibility index (Phi) is 4.51. The van der Waals surface area contributed by atoms with E-state index in [1.54, 1.807) is 21.9 Å². The summed E-state index contributed by atoms with van der Waals surface area (Å²) in [4.78, 5) is 43.8. The van der Waals surface area contributed by atoms with Gasteiger partial charge < -0.3 is 9.80 Å². The zero-order valence-electron chi connectivity index (χ0n) is 16.6. The summed E-state index contributed by atoms with van der Waals surface area (Å²) in [6.45, 7) is 3.98. The molecule has 2 heterocycles. The fourth-order valence-corrected chi connectivity index (χ4v) is 5.00. The van der Waals surface area contributed by atoms with Gasteiger partial charge in [-0.2, -0.15) is 0 Å². The quantitative estimate of drug-likeness (QED) is 0.499. The lowest BCUT2D eigenvalue weighted by atomic mass is 10.0. The van der Waals surface area contributed by atoms with Gasteiger partial charge in [-0.25, -0.2) is 0 Å². The molecule has 0 bridgehead atoms. The van der Waals surface area contributed by atoms with Crippen LogP contribution in [-0.4, -0.2) is 53.6 Å². The van der Waals surface area contributed by atoms with Crippen molar-refractivity contribution in [3.8, 4) is 11.1 Å². The molecule has 0 radical (unpaired) electrons. The van der Waals surface area contributed by atoms with Crippen LogP contribution < -0.4 is 0 Å². The normalized spacial score (nSPS) is 15.2. The predicted octanol–water partition coefficient (Wildman–Crippen LogP) is 3.87. The molecular weight excluding hydrogens is 396 g/mol. The van der Waals surface area contributed by atoms with E-state index in [-0.39, 0.29) is 17.6 Å². The van der Waals surface area contributed by atoms with E-state index in [0.29, 0.717) is 42.9 Å². The second-order valence-corrected chi connectivity index (χ2v) is 8.92. The average Bonchev–Trinajstić information content (AvgIpc) is 3.34. The molecular formula is C24H20N2O3S. The van der Waals surface area contributed by atoms with Gasteiger partial charge in [-0.15, -0.1) is 11.3 Å². The molecule has 2 amide bonds. The maximum atomic E-state index is 13.0. The number of amides is 2. The van der Waals surface area contributed by atoms with Crippen LogP contribution >= 0.6 is 11.3 Å². The van der Waals surface area contributed by atoms with Crippen molar-refractivity contribution in [2.24, 2.45) is 0 Å². The maximum Gasteiger partial charge on any atom is 0.264 e. The van der Waals surface area contributed by atoms with Crippen molar-refractivity contribution in [1.29, 1.82) is 0 Å². The molecule has 0 unspecified atom stereocenters. The summed E-state index contributed by atoms with van der Waals surface area (Å²) < 4.78 is 0. The van der Waals surface area contributed by atoms with Crippen LogP contribution in [0.5, 0.6) is 0 Å². The summed E-state index contributed by atoms with van der Waals surface area (Å²) >= 11 is 1.50. The van der Waals surface area contributed by atoms with E-state index in [4.69, 9.17) is 0 Å². The predicted molar refractivity (Wildman–Crippen MR) is 116 cm³/mol. The summed E-state index contributed by atoms with van der Waals surface area (Å²) in [7, 11) is 0. The second-order valence-electron chi connectivity index (χ2n) is 7.63. The molecule has 0 atom stereocenters. The number of rotatable bonds is 2. The first-order valence-electron chi connectivity index (χ1n) is 9.96. The van der Waals surface area contributed by atoms with E-state index in [0.717, 1.165) is 20.9 Å². The van der Waals surface area contributed by atoms with E-state index in [1.807, 2.05) is 49.4 Å². The lowest BCUT2D eigenvalue weighted by Crippen LogP contribution is -2.50. The summed E-state index contributed by atoms with van der Waals surface area (Å²) in [5.74, 6) is -0.0985. The Hall–Kier alpha value is -3.25. The molecule has 2 aliphatic rings. The Morgan fingerprint density at radius 2 is 1.40 bits per heavy atom. The molecule has 1 fully saturated rings. The van der Waals surface area contributed by atoms with Crippen molar-refractivity contribution in [2.45, 2.75) is 6.92 Å². The van der Waals surface area contributed by atoms with Gasteiger partial charge in [0.05, 0.1) is 4.88 Å². The molecule has 150 valence electrons. The van der Waals surface area contributed by atoms with Crippen molar-refractivity contribution >= 4 is 28.9 Å². The van der Waals surface area contributed by atoms with Crippen molar-refractivity contribution in [3.05, 3.63) is 81.0 Å². The maximum absolute atomic E-state index is 13.0. The standard InChI is InChI=1S/C24H20N2O3S/c1-15-6-9-21(30-15)24(29)26-12-10-25(11-13-26)23(28)16-7-8-18-17-4-2-3-5-19(17)22(27)20(18)14-16/h2-9,14H,10-13H2,1H3. The number of benzene rings is 2. The van der Waals surface area contributed by atoms with Gasteiger partial charge in [-0.05, 0) is 42.3 Å². The number of thiophene rings is 1. The third-order valence-corrected chi connectivity index (χ3v) is 6.77. The molecule has 1 aliphatic carbocycles. The number of hydrogen-bond donors (Lipinski definition) is 0. The molecule has 6 heteroatoms. The van der Waals surface area contributed by atoms with Crippen LogP contribution in [-0.2, 0) is 0 Å². The highest BCUT2D eigenvalue weighted by molar-refractivity contribution is 7.13. The number of nitrogens with zero attached hydrogens (tertiary/aromatic N) is 2. The van der Waals surface area contributed by atoms with Gasteiger partial charge in [0.15, 0.2) is 5.78 Å². The largest absolute Gasteiger partial charge is 0.335 e. The fraction of sp³-hybridized carbons (Fsp3) is 0.208. The van der Waals surface area contributed by atoms with Crippen LogP contribution in [0.1, 0.15) is 40.8 Å². The first kappa shape index (κ1) is 18.8. The molecule has 3 aromatic rings. The Bertz CT molecular complexity index is 1190. The van der Waals surface area contributed by atoms with Gasteiger partial charge in [-0.1, -0.05) is 30.3 Å². The Labute approximate surface area is 178 Å². The molecule has 0 spiro atoms. The summed E-state index contributed by atoms with van der Waals surface area (Å²) in [6, 6.07) is 16.7. The van der Waals surface area contributed by atoms with Gasteiger partial charge in [-0.3, -0.25) is 14.4 Å². The molecule has 5 rings (SSSR count). The molecule has 1 saturated heterocycles. The number of aryl methyl sites for hydroxylation is 1. The molecule has 1 aliphatic heterocycles. The van der Waals surface area contributed by atoms with Crippen LogP contribution in [0.15, 0.2) is 54.6 Å². The van der Waals surface area contributed by atoms with Gasteiger partial charge in [0, 0.05) is 47.7 Å². The second kappa shape index (κ2) is 7.22. The van der Waals surface area contributed by atoms with Crippen LogP contribution in [0, 0.1) is 6.92 Å². The summed E-state index contributed by atoms with van der Waals surface area (Å²) in [5.41, 5.74) is 3.60. The topological polar surface area (TPSA) is 57.7 Å². The summed E-state index contributed by atoms with van der Waals surface area (Å²) in [5, 5.41) is 0. The van der Waals surface area contributed by atoms with Crippen LogP contribution in [0.3, 0.4) is 0 Å². The van der Waals surface area contributed by atoms with Gasteiger partial charge in [0.25, 0.3) is 11.8 Å². The first-order chi connectivity index (χ1) is 14.5. The minimum Gasteiger partial charge on any atom is -0.335 e. The first-order valence-corrected chi connectivity index (χ1v) is 10.8. The van der Waals surface area contributed by atoms with Crippen molar-refractivity contribution in [3.63, 3.8) is 0 Å². The molecule has 5 nitrogen and oxygen atoms in total. The molecule has 1 aromatic heterocycles. The van der Waals surface area contributed by atoms with Crippen molar-refractivity contribution in [1.82, 2.24) is 9.80 Å². The highest BCUT2D eigenvalue weighted by Crippen LogP contribution is 2.36. The number of piperazine rings is 1. The SMILES string of the molecule is Cc1ccc(C(=O)N2CCN(C(=O)c3ccc4c(c3)C(=O)c3ccccc3-4)CC2)s1. The smallest absolute Gasteiger partial charge is 0.264 e. The van der Waals surface area contributed by atoms with E-state index in [2.05, 4.69) is 0 Å². The molecule has 0 saturated carbocycles. The minimum absolute atomic E-state index is 0.0288. The molecule has 0 N–H and O–H groups in total. The third kappa shape index (κ3) is 3.04. The number of carbonyl (C=O) groups is 3. The van der Waals surface area contributed by atoms with Gasteiger partial charge >= 0.3 is 0 Å². The fourth-order valence-electron chi connectivity index (χ4n) is 4.16.